The summed E-state index contributed by atoms with van der Waals surface area (Å²) in [5, 5.41) is 0. The molecule has 0 spiro atoms. The lowest BCUT2D eigenvalue weighted by atomic mass is 10.1. The Hall–Kier alpha value is -1.28. The van der Waals surface area contributed by atoms with Crippen LogP contribution < -0.4 is 0 Å². The third kappa shape index (κ3) is 2.05. The summed E-state index contributed by atoms with van der Waals surface area (Å²) >= 11 is 5.73. The van der Waals surface area contributed by atoms with Crippen LogP contribution in [0.2, 0.25) is 0 Å². The molecule has 1 aromatic carbocycles. The van der Waals surface area contributed by atoms with Gasteiger partial charge < -0.3 is 4.98 Å². The minimum Gasteiger partial charge on any atom is -0.345 e. The minimum absolute atomic E-state index is 0.423. The van der Waals surface area contributed by atoms with Crippen LogP contribution in [0.1, 0.15) is 17.1 Å². The van der Waals surface area contributed by atoms with Gasteiger partial charge in [0.1, 0.15) is 5.82 Å². The third-order valence-corrected chi connectivity index (χ3v) is 2.64. The first-order valence-corrected chi connectivity index (χ1v) is 5.42. The molecule has 1 aromatic heterocycles. The van der Waals surface area contributed by atoms with Crippen molar-refractivity contribution in [3.63, 3.8) is 0 Å². The highest BCUT2D eigenvalue weighted by atomic mass is 35.5. The van der Waals surface area contributed by atoms with Crippen LogP contribution >= 0.6 is 11.6 Å². The molecule has 1 heterocycles. The molecular weight excluding hydrogens is 208 g/mol. The summed E-state index contributed by atoms with van der Waals surface area (Å²) in [6.45, 7) is 4.09. The number of benzene rings is 1. The molecule has 1 N–H and O–H groups in total. The summed E-state index contributed by atoms with van der Waals surface area (Å²) in [5.74, 6) is 1.25. The van der Waals surface area contributed by atoms with Crippen LogP contribution in [0.25, 0.3) is 11.3 Å². The van der Waals surface area contributed by atoms with Crippen molar-refractivity contribution in [2.75, 3.05) is 0 Å². The standard InChI is InChI=1S/C12H13ClN2/c1-8-3-5-10(6-4-8)12-9(2)14-11(7-13)15-12/h3-6H,7H2,1-2H3,(H,14,15). The van der Waals surface area contributed by atoms with Crippen LogP contribution in [-0.4, -0.2) is 9.97 Å². The topological polar surface area (TPSA) is 28.7 Å². The molecule has 2 aromatic rings. The van der Waals surface area contributed by atoms with Crippen molar-refractivity contribution in [1.29, 1.82) is 0 Å². The molecule has 0 unspecified atom stereocenters. The van der Waals surface area contributed by atoms with E-state index >= 15 is 0 Å². The fourth-order valence-electron chi connectivity index (χ4n) is 1.58. The highest BCUT2D eigenvalue weighted by molar-refractivity contribution is 6.16. The molecule has 3 heteroatoms. The number of aromatic amines is 1. The van der Waals surface area contributed by atoms with Crippen molar-refractivity contribution in [3.05, 3.63) is 41.3 Å². The number of aryl methyl sites for hydroxylation is 2. The molecule has 0 aliphatic carbocycles. The fraction of sp³-hybridized carbons (Fsp3) is 0.250. The van der Waals surface area contributed by atoms with Crippen molar-refractivity contribution in [1.82, 2.24) is 9.97 Å². The fourth-order valence-corrected chi connectivity index (χ4v) is 1.70. The Morgan fingerprint density at radius 2 is 1.87 bits per heavy atom. The van der Waals surface area contributed by atoms with Gasteiger partial charge in [-0.05, 0) is 13.8 Å². The molecule has 2 rings (SSSR count). The van der Waals surface area contributed by atoms with Crippen LogP contribution in [0.5, 0.6) is 0 Å². The summed E-state index contributed by atoms with van der Waals surface area (Å²) < 4.78 is 0. The lowest BCUT2D eigenvalue weighted by Gasteiger charge is -1.98. The average Bonchev–Trinajstić information content (AvgIpc) is 2.61. The van der Waals surface area contributed by atoms with Gasteiger partial charge in [-0.3, -0.25) is 0 Å². The van der Waals surface area contributed by atoms with Gasteiger partial charge in [0.2, 0.25) is 0 Å². The first-order valence-electron chi connectivity index (χ1n) is 4.89. The number of H-pyrrole nitrogens is 1. The Balaban J connectivity index is 2.44. The average molecular weight is 221 g/mol. The Labute approximate surface area is 94.3 Å². The largest absolute Gasteiger partial charge is 0.345 e. The molecule has 0 saturated carbocycles. The maximum atomic E-state index is 5.73. The molecule has 15 heavy (non-hydrogen) atoms. The molecule has 0 amide bonds. The number of nitrogens with one attached hydrogen (secondary N) is 1. The quantitative estimate of drug-likeness (QED) is 0.772. The van der Waals surface area contributed by atoms with Gasteiger partial charge in [-0.2, -0.15) is 0 Å². The van der Waals surface area contributed by atoms with Crippen molar-refractivity contribution in [2.45, 2.75) is 19.7 Å². The molecule has 0 fully saturated rings. The number of aromatic nitrogens is 2. The number of imidazole rings is 1. The maximum absolute atomic E-state index is 5.73. The molecular formula is C12H13ClN2. The summed E-state index contributed by atoms with van der Waals surface area (Å²) in [6.07, 6.45) is 0. The number of nitrogens with zero attached hydrogens (tertiary/aromatic N) is 1. The first kappa shape index (κ1) is 10.2. The van der Waals surface area contributed by atoms with Crippen LogP contribution in [0.3, 0.4) is 0 Å². The summed E-state index contributed by atoms with van der Waals surface area (Å²) in [6, 6.07) is 8.33. The van der Waals surface area contributed by atoms with Crippen LogP contribution in [0.15, 0.2) is 24.3 Å². The van der Waals surface area contributed by atoms with Crippen LogP contribution in [0.4, 0.5) is 0 Å². The van der Waals surface area contributed by atoms with Gasteiger partial charge in [-0.15, -0.1) is 11.6 Å². The second kappa shape index (κ2) is 4.07. The zero-order valence-corrected chi connectivity index (χ0v) is 9.60. The van der Waals surface area contributed by atoms with E-state index in [9.17, 15) is 0 Å². The van der Waals surface area contributed by atoms with Crippen molar-refractivity contribution in [2.24, 2.45) is 0 Å². The van der Waals surface area contributed by atoms with E-state index in [4.69, 9.17) is 11.6 Å². The molecule has 78 valence electrons. The minimum atomic E-state index is 0.423. The number of hydrogen-bond acceptors (Lipinski definition) is 1. The lowest BCUT2D eigenvalue weighted by Crippen LogP contribution is -1.82. The number of halogens is 1. The van der Waals surface area contributed by atoms with Crippen molar-refractivity contribution in [3.8, 4) is 11.3 Å². The van der Waals surface area contributed by atoms with Crippen LogP contribution in [0, 0.1) is 13.8 Å². The predicted octanol–water partition coefficient (Wildman–Crippen LogP) is 3.43. The van der Waals surface area contributed by atoms with Gasteiger partial charge in [0.05, 0.1) is 11.6 Å². The van der Waals surface area contributed by atoms with Gasteiger partial charge in [0, 0.05) is 11.3 Å². The number of hydrogen-bond donors (Lipinski definition) is 1. The van der Waals surface area contributed by atoms with E-state index in [0.717, 1.165) is 22.8 Å². The molecule has 2 nitrogen and oxygen atoms in total. The molecule has 0 saturated heterocycles. The second-order valence-electron chi connectivity index (χ2n) is 3.66. The normalized spacial score (nSPS) is 10.6. The van der Waals surface area contributed by atoms with E-state index in [1.807, 2.05) is 6.92 Å². The molecule has 0 radical (unpaired) electrons. The van der Waals surface area contributed by atoms with Gasteiger partial charge in [0.15, 0.2) is 0 Å². The highest BCUT2D eigenvalue weighted by Gasteiger charge is 2.07. The molecule has 0 atom stereocenters. The second-order valence-corrected chi connectivity index (χ2v) is 3.92. The summed E-state index contributed by atoms with van der Waals surface area (Å²) in [7, 11) is 0. The Bertz CT molecular complexity index is 457. The SMILES string of the molecule is Cc1ccc(-c2nc(CCl)[nH]c2C)cc1. The molecule has 0 aliphatic rings. The van der Waals surface area contributed by atoms with Gasteiger partial charge in [0.25, 0.3) is 0 Å². The summed E-state index contributed by atoms with van der Waals surface area (Å²) in [5.41, 5.74) is 4.44. The number of alkyl halides is 1. The zero-order chi connectivity index (χ0) is 10.8. The number of rotatable bonds is 2. The Kier molecular flexibility index (Phi) is 2.78. The van der Waals surface area contributed by atoms with E-state index in [1.165, 1.54) is 5.56 Å². The van der Waals surface area contributed by atoms with Crippen LogP contribution in [-0.2, 0) is 5.88 Å². The van der Waals surface area contributed by atoms with Gasteiger partial charge in [-0.25, -0.2) is 4.98 Å². The van der Waals surface area contributed by atoms with E-state index in [0.29, 0.717) is 5.88 Å². The third-order valence-electron chi connectivity index (χ3n) is 2.39. The van der Waals surface area contributed by atoms with E-state index in [-0.39, 0.29) is 0 Å². The first-order chi connectivity index (χ1) is 7.20. The maximum Gasteiger partial charge on any atom is 0.121 e. The Morgan fingerprint density at radius 3 is 2.40 bits per heavy atom. The van der Waals surface area contributed by atoms with Gasteiger partial charge in [-0.1, -0.05) is 29.8 Å². The summed E-state index contributed by atoms with van der Waals surface area (Å²) in [4.78, 5) is 7.61. The predicted molar refractivity (Wildman–Crippen MR) is 63.1 cm³/mol. The smallest absolute Gasteiger partial charge is 0.121 e. The molecule has 0 aliphatic heterocycles. The molecule has 0 bridgehead atoms. The zero-order valence-electron chi connectivity index (χ0n) is 8.84. The Morgan fingerprint density at radius 1 is 1.20 bits per heavy atom. The van der Waals surface area contributed by atoms with E-state index in [2.05, 4.69) is 41.2 Å². The monoisotopic (exact) mass is 220 g/mol. The van der Waals surface area contributed by atoms with E-state index < -0.39 is 0 Å². The van der Waals surface area contributed by atoms with Crippen molar-refractivity contribution < 1.29 is 0 Å². The van der Waals surface area contributed by atoms with Gasteiger partial charge >= 0.3 is 0 Å². The lowest BCUT2D eigenvalue weighted by molar-refractivity contribution is 1.10. The van der Waals surface area contributed by atoms with E-state index in [1.54, 1.807) is 0 Å². The van der Waals surface area contributed by atoms with Crippen molar-refractivity contribution >= 4 is 11.6 Å². The highest BCUT2D eigenvalue weighted by Crippen LogP contribution is 2.21.